The van der Waals surface area contributed by atoms with Crippen LogP contribution in [0.25, 0.3) is 31.1 Å². The Bertz CT molecular complexity index is 856. The molecule has 2 heterocycles. The molecule has 0 aliphatic heterocycles. The second-order valence-corrected chi connectivity index (χ2v) is 6.16. The maximum atomic E-state index is 3.54. The van der Waals surface area contributed by atoms with Gasteiger partial charge in [-0.15, -0.1) is 11.3 Å². The maximum absolute atomic E-state index is 3.54. The Morgan fingerprint density at radius 2 is 1.82 bits per heavy atom. The molecule has 0 atom stereocenters. The summed E-state index contributed by atoms with van der Waals surface area (Å²) in [7, 11) is 0. The average molecular weight is 302 g/mol. The van der Waals surface area contributed by atoms with E-state index in [1.807, 2.05) is 17.5 Å². The molecular weight excluding hydrogens is 294 g/mol. The summed E-state index contributed by atoms with van der Waals surface area (Å²) in [5.41, 5.74) is 1.21. The molecule has 0 saturated carbocycles. The Hall–Kier alpha value is -1.32. The molecule has 0 unspecified atom stereocenters. The van der Waals surface area contributed by atoms with Crippen molar-refractivity contribution in [1.29, 1.82) is 0 Å². The molecule has 0 amide bonds. The summed E-state index contributed by atoms with van der Waals surface area (Å²) in [5.74, 6) is 0. The zero-order valence-corrected chi connectivity index (χ0v) is 11.2. The zero-order valence-electron chi connectivity index (χ0n) is 8.83. The fraction of sp³-hybridized carbons (Fsp3) is 0. The first-order chi connectivity index (χ1) is 8.31. The molecule has 82 valence electrons. The van der Waals surface area contributed by atoms with Crippen LogP contribution in [-0.4, -0.2) is 4.98 Å². The van der Waals surface area contributed by atoms with Crippen molar-refractivity contribution in [2.24, 2.45) is 0 Å². The Labute approximate surface area is 110 Å². The first-order valence-electron chi connectivity index (χ1n) is 5.40. The summed E-state index contributed by atoms with van der Waals surface area (Å²) in [6, 6.07) is 13.1. The van der Waals surface area contributed by atoms with Gasteiger partial charge >= 0.3 is 0 Å². The third kappa shape index (κ3) is 1.36. The molecule has 3 heteroatoms. The minimum absolute atomic E-state index is 1.14. The van der Waals surface area contributed by atoms with Crippen molar-refractivity contribution in [2.75, 3.05) is 0 Å². The first kappa shape index (κ1) is 9.68. The standard InChI is InChI=1S/C14H8BrNS/c15-9-1-2-13-10(6-9)11-7-12-8(3-4-16-12)5-14(11)17-13/h1-7,16H. The van der Waals surface area contributed by atoms with Gasteiger partial charge in [-0.3, -0.25) is 0 Å². The van der Waals surface area contributed by atoms with Crippen LogP contribution in [0, 0.1) is 0 Å². The molecule has 0 saturated heterocycles. The van der Waals surface area contributed by atoms with E-state index in [1.165, 1.54) is 31.1 Å². The van der Waals surface area contributed by atoms with Gasteiger partial charge in [0.15, 0.2) is 0 Å². The van der Waals surface area contributed by atoms with Crippen molar-refractivity contribution >= 4 is 58.3 Å². The second-order valence-electron chi connectivity index (χ2n) is 4.16. The number of rotatable bonds is 0. The van der Waals surface area contributed by atoms with E-state index < -0.39 is 0 Å². The predicted octanol–water partition coefficient (Wildman–Crippen LogP) is 5.30. The molecule has 0 bridgehead atoms. The number of H-pyrrole nitrogens is 1. The van der Waals surface area contributed by atoms with Crippen LogP contribution in [-0.2, 0) is 0 Å². The van der Waals surface area contributed by atoms with Gasteiger partial charge in [-0.25, -0.2) is 0 Å². The Morgan fingerprint density at radius 3 is 2.76 bits per heavy atom. The van der Waals surface area contributed by atoms with Crippen LogP contribution in [0.2, 0.25) is 0 Å². The predicted molar refractivity (Wildman–Crippen MR) is 78.9 cm³/mol. The van der Waals surface area contributed by atoms with Crippen molar-refractivity contribution in [2.45, 2.75) is 0 Å². The molecule has 1 N–H and O–H groups in total. The monoisotopic (exact) mass is 301 g/mol. The molecule has 4 aromatic rings. The Kier molecular flexibility index (Phi) is 1.90. The minimum Gasteiger partial charge on any atom is -0.361 e. The number of hydrogen-bond acceptors (Lipinski definition) is 1. The van der Waals surface area contributed by atoms with Crippen molar-refractivity contribution in [1.82, 2.24) is 4.98 Å². The van der Waals surface area contributed by atoms with Gasteiger partial charge in [-0.2, -0.15) is 0 Å². The number of aromatic amines is 1. The summed E-state index contributed by atoms with van der Waals surface area (Å²) >= 11 is 5.40. The summed E-state index contributed by atoms with van der Waals surface area (Å²) in [6.45, 7) is 0. The van der Waals surface area contributed by atoms with Gasteiger partial charge in [-0.05, 0) is 36.4 Å². The second kappa shape index (κ2) is 3.34. The summed E-state index contributed by atoms with van der Waals surface area (Å²) in [6.07, 6.45) is 1.99. The van der Waals surface area contributed by atoms with Gasteiger partial charge in [0.1, 0.15) is 0 Å². The highest BCUT2D eigenvalue weighted by molar-refractivity contribution is 9.10. The van der Waals surface area contributed by atoms with Crippen LogP contribution in [0.3, 0.4) is 0 Å². The van der Waals surface area contributed by atoms with Gasteiger partial charge in [0, 0.05) is 41.7 Å². The van der Waals surface area contributed by atoms with Gasteiger partial charge < -0.3 is 4.98 Å². The third-order valence-electron chi connectivity index (χ3n) is 3.11. The van der Waals surface area contributed by atoms with Crippen LogP contribution in [0.5, 0.6) is 0 Å². The number of nitrogens with one attached hydrogen (secondary N) is 1. The molecule has 17 heavy (non-hydrogen) atoms. The van der Waals surface area contributed by atoms with Gasteiger partial charge in [-0.1, -0.05) is 15.9 Å². The summed E-state index contributed by atoms with van der Waals surface area (Å²) < 4.78 is 3.83. The summed E-state index contributed by atoms with van der Waals surface area (Å²) in [4.78, 5) is 3.27. The molecule has 1 nitrogen and oxygen atoms in total. The van der Waals surface area contributed by atoms with E-state index >= 15 is 0 Å². The highest BCUT2D eigenvalue weighted by atomic mass is 79.9. The smallest absolute Gasteiger partial charge is 0.0461 e. The number of halogens is 1. The lowest BCUT2D eigenvalue weighted by Gasteiger charge is -1.94. The number of benzene rings is 2. The largest absolute Gasteiger partial charge is 0.361 e. The SMILES string of the molecule is Brc1ccc2sc3cc4cc[nH]c4cc3c2c1. The Balaban J connectivity index is 2.28. The van der Waals surface area contributed by atoms with Crippen LogP contribution < -0.4 is 0 Å². The number of aromatic nitrogens is 1. The molecule has 0 aliphatic carbocycles. The average Bonchev–Trinajstić information content (AvgIpc) is 2.89. The lowest BCUT2D eigenvalue weighted by molar-refractivity contribution is 1.48. The van der Waals surface area contributed by atoms with E-state index in [0.717, 1.165) is 4.47 Å². The molecule has 4 rings (SSSR count). The van der Waals surface area contributed by atoms with Crippen LogP contribution in [0.4, 0.5) is 0 Å². The quantitative estimate of drug-likeness (QED) is 0.454. The topological polar surface area (TPSA) is 15.8 Å². The third-order valence-corrected chi connectivity index (χ3v) is 4.73. The van der Waals surface area contributed by atoms with Gasteiger partial charge in [0.2, 0.25) is 0 Å². The van der Waals surface area contributed by atoms with Crippen molar-refractivity contribution in [3.05, 3.63) is 47.1 Å². The number of thiophene rings is 1. The highest BCUT2D eigenvalue weighted by Crippen LogP contribution is 2.37. The maximum Gasteiger partial charge on any atom is 0.0461 e. The lowest BCUT2D eigenvalue weighted by Crippen LogP contribution is -1.69. The van der Waals surface area contributed by atoms with E-state index in [9.17, 15) is 0 Å². The molecule has 0 spiro atoms. The van der Waals surface area contributed by atoms with Gasteiger partial charge in [0.25, 0.3) is 0 Å². The Morgan fingerprint density at radius 1 is 0.941 bits per heavy atom. The van der Waals surface area contributed by atoms with E-state index in [4.69, 9.17) is 0 Å². The lowest BCUT2D eigenvalue weighted by atomic mass is 10.1. The van der Waals surface area contributed by atoms with Crippen LogP contribution >= 0.6 is 27.3 Å². The van der Waals surface area contributed by atoms with Crippen LogP contribution in [0.1, 0.15) is 0 Å². The number of hydrogen-bond donors (Lipinski definition) is 1. The van der Waals surface area contributed by atoms with Gasteiger partial charge in [0.05, 0.1) is 0 Å². The van der Waals surface area contributed by atoms with Crippen molar-refractivity contribution < 1.29 is 0 Å². The zero-order chi connectivity index (χ0) is 11.4. The molecule has 0 fully saturated rings. The van der Waals surface area contributed by atoms with E-state index in [2.05, 4.69) is 57.3 Å². The fourth-order valence-electron chi connectivity index (χ4n) is 2.29. The van der Waals surface area contributed by atoms with E-state index in [0.29, 0.717) is 0 Å². The normalized spacial score (nSPS) is 11.8. The molecule has 2 aromatic carbocycles. The van der Waals surface area contributed by atoms with Crippen molar-refractivity contribution in [3.8, 4) is 0 Å². The highest BCUT2D eigenvalue weighted by Gasteiger charge is 2.07. The number of fused-ring (bicyclic) bond motifs is 4. The molecule has 2 aromatic heterocycles. The first-order valence-corrected chi connectivity index (χ1v) is 7.01. The fourth-order valence-corrected chi connectivity index (χ4v) is 3.77. The molecule has 0 radical (unpaired) electrons. The molecular formula is C14H8BrNS. The minimum atomic E-state index is 1.14. The van der Waals surface area contributed by atoms with Crippen LogP contribution in [0.15, 0.2) is 47.1 Å². The summed E-state index contributed by atoms with van der Waals surface area (Å²) in [5, 5.41) is 3.94. The van der Waals surface area contributed by atoms with Crippen molar-refractivity contribution in [3.63, 3.8) is 0 Å². The van der Waals surface area contributed by atoms with E-state index in [1.54, 1.807) is 0 Å². The molecule has 0 aliphatic rings. The van der Waals surface area contributed by atoms with E-state index in [-0.39, 0.29) is 0 Å².